The summed E-state index contributed by atoms with van der Waals surface area (Å²) in [7, 11) is -1.98. The van der Waals surface area contributed by atoms with Crippen LogP contribution in [0, 0.1) is 0 Å². The number of carboxylic acid groups (broad SMARTS) is 1. The van der Waals surface area contributed by atoms with Crippen molar-refractivity contribution in [1.29, 1.82) is 0 Å². The second-order valence-electron chi connectivity index (χ2n) is 6.67. The molecule has 1 heterocycles. The van der Waals surface area contributed by atoms with E-state index in [1.165, 1.54) is 4.67 Å². The zero-order valence-corrected chi connectivity index (χ0v) is 17.2. The predicted molar refractivity (Wildman–Crippen MR) is 109 cm³/mol. The zero-order chi connectivity index (χ0) is 20.1. The van der Waals surface area contributed by atoms with Crippen molar-refractivity contribution in [1.82, 2.24) is 4.67 Å². The van der Waals surface area contributed by atoms with E-state index in [4.69, 9.17) is 20.9 Å². The number of rotatable bonds is 6. The number of ether oxygens (including phenoxy) is 1. The topological polar surface area (TPSA) is 76.1 Å². The van der Waals surface area contributed by atoms with E-state index in [-0.39, 0.29) is 12.6 Å². The van der Waals surface area contributed by atoms with Crippen LogP contribution in [0.1, 0.15) is 18.4 Å². The average molecular weight is 424 g/mol. The van der Waals surface area contributed by atoms with Crippen molar-refractivity contribution in [3.05, 3.63) is 59.1 Å². The van der Waals surface area contributed by atoms with Crippen LogP contribution >= 0.6 is 19.1 Å². The summed E-state index contributed by atoms with van der Waals surface area (Å²) in [6.45, 7) is -0.0435. The highest BCUT2D eigenvalue weighted by Crippen LogP contribution is 2.53. The van der Waals surface area contributed by atoms with Gasteiger partial charge in [0.1, 0.15) is 12.3 Å². The van der Waals surface area contributed by atoms with E-state index in [0.29, 0.717) is 41.9 Å². The number of halogens is 1. The second kappa shape index (κ2) is 9.10. The maximum atomic E-state index is 14.0. The average Bonchev–Trinajstić information content (AvgIpc) is 2.84. The monoisotopic (exact) mass is 423 g/mol. The van der Waals surface area contributed by atoms with Gasteiger partial charge in [0.05, 0.1) is 19.0 Å². The van der Waals surface area contributed by atoms with E-state index in [1.807, 2.05) is 12.1 Å². The summed E-state index contributed by atoms with van der Waals surface area (Å²) in [5.41, 5.74) is 1.01. The van der Waals surface area contributed by atoms with Gasteiger partial charge in [0.2, 0.25) is 0 Å². The van der Waals surface area contributed by atoms with Crippen LogP contribution in [0.2, 0.25) is 5.02 Å². The minimum atomic E-state index is -3.54. The fraction of sp³-hybridized carbons (Fsp3) is 0.350. The molecule has 1 aliphatic rings. The van der Waals surface area contributed by atoms with E-state index in [2.05, 4.69) is 0 Å². The number of hydrogen-bond donors (Lipinski definition) is 1. The molecule has 1 N–H and O–H groups in total. The number of hydrogen-bond acceptors (Lipinski definition) is 4. The van der Waals surface area contributed by atoms with Gasteiger partial charge in [0.25, 0.3) is 0 Å². The zero-order valence-electron chi connectivity index (χ0n) is 15.6. The molecule has 150 valence electrons. The predicted octanol–water partition coefficient (Wildman–Crippen LogP) is 3.98. The van der Waals surface area contributed by atoms with Crippen molar-refractivity contribution in [3.63, 3.8) is 0 Å². The van der Waals surface area contributed by atoms with Crippen LogP contribution in [-0.4, -0.2) is 42.0 Å². The molecule has 1 saturated heterocycles. The SMILES string of the molecule is COc1ccc(P2(=O)OCCCC(Cc3ccc(Cl)cc3)N2CC(=O)O)cc1. The minimum Gasteiger partial charge on any atom is -0.497 e. The van der Waals surface area contributed by atoms with E-state index in [0.717, 1.165) is 5.56 Å². The lowest BCUT2D eigenvalue weighted by Gasteiger charge is -2.34. The molecule has 2 atom stereocenters. The molecule has 2 aromatic carbocycles. The molecule has 0 bridgehead atoms. The van der Waals surface area contributed by atoms with Crippen LogP contribution in [0.5, 0.6) is 5.75 Å². The Hall–Kier alpha value is -1.85. The van der Waals surface area contributed by atoms with Crippen LogP contribution in [0.4, 0.5) is 0 Å². The van der Waals surface area contributed by atoms with Gasteiger partial charge in [-0.3, -0.25) is 9.36 Å². The number of methoxy groups -OCH3 is 1. The molecule has 8 heteroatoms. The standard InChI is InChI=1S/C20H23ClNO5P/c1-26-18-8-10-19(11-9-18)28(25)22(14-20(23)24)17(3-2-12-27-28)13-15-4-6-16(21)7-5-15/h4-11,17H,2-3,12-14H2,1H3,(H,23,24). The number of carbonyl (C=O) groups is 1. The molecule has 1 fully saturated rings. The Kier molecular flexibility index (Phi) is 6.78. The van der Waals surface area contributed by atoms with Gasteiger partial charge < -0.3 is 14.4 Å². The Morgan fingerprint density at radius 3 is 2.54 bits per heavy atom. The molecular weight excluding hydrogens is 401 g/mol. The first-order valence-electron chi connectivity index (χ1n) is 9.05. The van der Waals surface area contributed by atoms with E-state index in [1.54, 1.807) is 43.5 Å². The summed E-state index contributed by atoms with van der Waals surface area (Å²) in [5.74, 6) is -0.409. The highest BCUT2D eigenvalue weighted by atomic mass is 35.5. The highest BCUT2D eigenvalue weighted by Gasteiger charge is 2.41. The lowest BCUT2D eigenvalue weighted by Crippen LogP contribution is -2.40. The largest absolute Gasteiger partial charge is 0.497 e. The molecule has 6 nitrogen and oxygen atoms in total. The van der Waals surface area contributed by atoms with E-state index in [9.17, 15) is 14.5 Å². The molecule has 0 amide bonds. The molecule has 0 aliphatic carbocycles. The summed E-state index contributed by atoms with van der Waals surface area (Å²) in [6, 6.07) is 14.0. The van der Waals surface area contributed by atoms with E-state index >= 15 is 0 Å². The van der Waals surface area contributed by atoms with Crippen molar-refractivity contribution in [2.45, 2.75) is 25.3 Å². The number of carboxylic acids is 1. The molecule has 2 unspecified atom stereocenters. The molecule has 1 aliphatic heterocycles. The fourth-order valence-electron chi connectivity index (χ4n) is 3.40. The Morgan fingerprint density at radius 1 is 1.25 bits per heavy atom. The molecule has 0 radical (unpaired) electrons. The van der Waals surface area contributed by atoms with Gasteiger partial charge >= 0.3 is 13.5 Å². The third-order valence-electron chi connectivity index (χ3n) is 4.79. The molecule has 28 heavy (non-hydrogen) atoms. The third-order valence-corrected chi connectivity index (χ3v) is 7.67. The summed E-state index contributed by atoms with van der Waals surface area (Å²) >= 11 is 5.97. The van der Waals surface area contributed by atoms with Gasteiger partial charge in [0, 0.05) is 11.1 Å². The minimum absolute atomic E-state index is 0.229. The van der Waals surface area contributed by atoms with Gasteiger partial charge in [-0.05, 0) is 61.2 Å². The fourth-order valence-corrected chi connectivity index (χ4v) is 5.96. The summed E-state index contributed by atoms with van der Waals surface area (Å²) in [5, 5.41) is 10.6. The molecule has 3 rings (SSSR count). The Bertz CT molecular complexity index is 856. The first kappa shape index (κ1) is 20.9. The molecule has 0 saturated carbocycles. The van der Waals surface area contributed by atoms with Gasteiger partial charge in [-0.15, -0.1) is 0 Å². The van der Waals surface area contributed by atoms with Gasteiger partial charge in [-0.25, -0.2) is 4.67 Å². The molecule has 2 aromatic rings. The Morgan fingerprint density at radius 2 is 1.93 bits per heavy atom. The van der Waals surface area contributed by atoms with Crippen LogP contribution in [0.15, 0.2) is 48.5 Å². The number of benzene rings is 2. The first-order chi connectivity index (χ1) is 13.4. The van der Waals surface area contributed by atoms with Crippen LogP contribution in [0.25, 0.3) is 0 Å². The lowest BCUT2D eigenvalue weighted by molar-refractivity contribution is -0.137. The summed E-state index contributed by atoms with van der Waals surface area (Å²) in [4.78, 5) is 11.6. The van der Waals surface area contributed by atoms with Gasteiger partial charge in [0.15, 0.2) is 0 Å². The smallest absolute Gasteiger partial charge is 0.318 e. The maximum Gasteiger partial charge on any atom is 0.318 e. The van der Waals surface area contributed by atoms with Crippen LogP contribution in [0.3, 0.4) is 0 Å². The van der Waals surface area contributed by atoms with Crippen LogP contribution < -0.4 is 10.0 Å². The second-order valence-corrected chi connectivity index (χ2v) is 9.44. The maximum absolute atomic E-state index is 14.0. The van der Waals surface area contributed by atoms with Crippen molar-refractivity contribution in [2.24, 2.45) is 0 Å². The summed E-state index contributed by atoms with van der Waals surface area (Å²) in [6.07, 6.45) is 1.96. The number of nitrogens with zero attached hydrogens (tertiary/aromatic N) is 1. The van der Waals surface area contributed by atoms with Crippen molar-refractivity contribution in [2.75, 3.05) is 20.3 Å². The molecule has 0 aromatic heterocycles. The van der Waals surface area contributed by atoms with Crippen molar-refractivity contribution >= 4 is 30.4 Å². The Labute approximate surface area is 169 Å². The van der Waals surface area contributed by atoms with Gasteiger partial charge in [-0.1, -0.05) is 23.7 Å². The van der Waals surface area contributed by atoms with Crippen molar-refractivity contribution in [3.8, 4) is 5.75 Å². The highest BCUT2D eigenvalue weighted by molar-refractivity contribution is 7.64. The number of aliphatic carboxylic acids is 1. The van der Waals surface area contributed by atoms with Gasteiger partial charge in [-0.2, -0.15) is 0 Å². The van der Waals surface area contributed by atoms with Crippen LogP contribution in [-0.2, 0) is 20.3 Å². The lowest BCUT2D eigenvalue weighted by atomic mass is 10.0. The third kappa shape index (κ3) is 4.76. The molecular formula is C20H23ClNO5P. The Balaban J connectivity index is 1.97. The molecule has 0 spiro atoms. The van der Waals surface area contributed by atoms with E-state index < -0.39 is 13.5 Å². The normalized spacial score (nSPS) is 23.1. The first-order valence-corrected chi connectivity index (χ1v) is 11.0. The quantitative estimate of drug-likeness (QED) is 0.708. The van der Waals surface area contributed by atoms with Crippen molar-refractivity contribution < 1.29 is 23.7 Å². The summed E-state index contributed by atoms with van der Waals surface area (Å²) < 4.78 is 26.5.